The zero-order valence-electron chi connectivity index (χ0n) is 17.4. The van der Waals surface area contributed by atoms with Crippen molar-refractivity contribution in [3.05, 3.63) is 66.1 Å². The molecule has 0 saturated heterocycles. The van der Waals surface area contributed by atoms with Crippen LogP contribution in [0.5, 0.6) is 5.88 Å². The van der Waals surface area contributed by atoms with Crippen molar-refractivity contribution in [1.29, 1.82) is 0 Å². The van der Waals surface area contributed by atoms with Gasteiger partial charge in [-0.05, 0) is 35.7 Å². The lowest BCUT2D eigenvalue weighted by atomic mass is 9.93. The van der Waals surface area contributed by atoms with Crippen molar-refractivity contribution in [3.8, 4) is 28.1 Å². The van der Waals surface area contributed by atoms with Crippen LogP contribution in [0, 0.1) is 5.82 Å². The molecule has 32 heavy (non-hydrogen) atoms. The van der Waals surface area contributed by atoms with E-state index in [9.17, 15) is 26.0 Å². The molecule has 3 rings (SSSR count). The fourth-order valence-corrected chi connectivity index (χ4v) is 4.16. The highest BCUT2D eigenvalue weighted by Gasteiger charge is 2.38. The SMILES string of the molecule is CCCCOc1cc(-c2ccccc2S(C)(=O)=O)c(-c2ccc(F)cc2)c(C(F)(F)F)n1. The van der Waals surface area contributed by atoms with Crippen molar-refractivity contribution in [2.45, 2.75) is 30.8 Å². The first-order chi connectivity index (χ1) is 15.0. The number of hydrogen-bond donors (Lipinski definition) is 0. The highest BCUT2D eigenvalue weighted by Crippen LogP contribution is 2.44. The van der Waals surface area contributed by atoms with E-state index in [1.165, 1.54) is 42.5 Å². The lowest BCUT2D eigenvalue weighted by Crippen LogP contribution is -2.13. The van der Waals surface area contributed by atoms with Gasteiger partial charge in [-0.15, -0.1) is 0 Å². The highest BCUT2D eigenvalue weighted by atomic mass is 32.2. The van der Waals surface area contributed by atoms with Crippen LogP contribution >= 0.6 is 0 Å². The Hall–Kier alpha value is -2.94. The summed E-state index contributed by atoms with van der Waals surface area (Å²) in [4.78, 5) is 3.57. The third-order valence-electron chi connectivity index (χ3n) is 4.72. The van der Waals surface area contributed by atoms with Crippen LogP contribution in [0.1, 0.15) is 25.5 Å². The minimum Gasteiger partial charge on any atom is -0.478 e. The summed E-state index contributed by atoms with van der Waals surface area (Å²) in [5.74, 6) is -0.886. The highest BCUT2D eigenvalue weighted by molar-refractivity contribution is 7.90. The first kappa shape index (κ1) is 23.7. The Morgan fingerprint density at radius 3 is 2.25 bits per heavy atom. The fraction of sp³-hybridized carbons (Fsp3) is 0.261. The molecule has 0 aliphatic rings. The molecule has 0 saturated carbocycles. The standard InChI is InChI=1S/C23H21F4NO3S/c1-3-4-13-31-20-14-18(17-7-5-6-8-19(17)32(2,29)30)21(22(28-20)23(25,26)27)15-9-11-16(24)12-10-15/h5-12,14H,3-4,13H2,1-2H3. The molecule has 0 aliphatic carbocycles. The van der Waals surface area contributed by atoms with E-state index in [2.05, 4.69) is 4.98 Å². The van der Waals surface area contributed by atoms with Crippen molar-refractivity contribution in [3.63, 3.8) is 0 Å². The monoisotopic (exact) mass is 467 g/mol. The Morgan fingerprint density at radius 1 is 1.00 bits per heavy atom. The molecule has 0 fully saturated rings. The summed E-state index contributed by atoms with van der Waals surface area (Å²) in [7, 11) is -3.77. The Kier molecular flexibility index (Phi) is 6.88. The third kappa shape index (κ3) is 5.27. The number of pyridine rings is 1. The molecule has 2 aromatic carbocycles. The number of benzene rings is 2. The quantitative estimate of drug-likeness (QED) is 0.309. The fourth-order valence-electron chi connectivity index (χ4n) is 3.26. The molecule has 9 heteroatoms. The number of alkyl halides is 3. The Labute approximate surface area is 183 Å². The van der Waals surface area contributed by atoms with Gasteiger partial charge in [-0.1, -0.05) is 43.7 Å². The third-order valence-corrected chi connectivity index (χ3v) is 5.88. The van der Waals surface area contributed by atoms with Crippen LogP contribution in [-0.2, 0) is 16.0 Å². The molecule has 0 radical (unpaired) electrons. The molecule has 0 aliphatic heterocycles. The van der Waals surface area contributed by atoms with Crippen LogP contribution in [-0.4, -0.2) is 26.3 Å². The lowest BCUT2D eigenvalue weighted by Gasteiger charge is -2.20. The van der Waals surface area contributed by atoms with Crippen molar-refractivity contribution in [2.75, 3.05) is 12.9 Å². The minimum atomic E-state index is -4.87. The van der Waals surface area contributed by atoms with E-state index in [0.29, 0.717) is 6.42 Å². The summed E-state index contributed by atoms with van der Waals surface area (Å²) in [6, 6.07) is 11.5. The van der Waals surface area contributed by atoms with E-state index < -0.39 is 27.5 Å². The molecule has 3 aromatic rings. The van der Waals surface area contributed by atoms with E-state index in [0.717, 1.165) is 24.8 Å². The second kappa shape index (κ2) is 9.28. The second-order valence-electron chi connectivity index (χ2n) is 7.21. The average molecular weight is 467 g/mol. The van der Waals surface area contributed by atoms with E-state index in [1.54, 1.807) is 0 Å². The predicted octanol–water partition coefficient (Wildman–Crippen LogP) is 6.16. The van der Waals surface area contributed by atoms with E-state index in [1.807, 2.05) is 6.92 Å². The van der Waals surface area contributed by atoms with Crippen LogP contribution in [0.3, 0.4) is 0 Å². The molecule has 0 atom stereocenters. The molecular formula is C23H21F4NO3S. The van der Waals surface area contributed by atoms with Gasteiger partial charge < -0.3 is 4.74 Å². The molecule has 0 bridgehead atoms. The number of nitrogens with zero attached hydrogens (tertiary/aromatic N) is 1. The van der Waals surface area contributed by atoms with Crippen LogP contribution in [0.15, 0.2) is 59.5 Å². The number of aromatic nitrogens is 1. The van der Waals surface area contributed by atoms with Gasteiger partial charge in [0, 0.05) is 23.4 Å². The topological polar surface area (TPSA) is 56.3 Å². The van der Waals surface area contributed by atoms with E-state index in [4.69, 9.17) is 4.74 Å². The van der Waals surface area contributed by atoms with Gasteiger partial charge in [0.25, 0.3) is 0 Å². The van der Waals surface area contributed by atoms with Gasteiger partial charge in [-0.3, -0.25) is 0 Å². The summed E-state index contributed by atoms with van der Waals surface area (Å²) >= 11 is 0. The molecule has 4 nitrogen and oxygen atoms in total. The maximum atomic E-state index is 14.1. The number of hydrogen-bond acceptors (Lipinski definition) is 4. The predicted molar refractivity (Wildman–Crippen MR) is 114 cm³/mol. The summed E-state index contributed by atoms with van der Waals surface area (Å²) in [6.45, 7) is 2.06. The van der Waals surface area contributed by atoms with E-state index in [-0.39, 0.29) is 39.6 Å². The average Bonchev–Trinajstić information content (AvgIpc) is 2.73. The van der Waals surface area contributed by atoms with Crippen molar-refractivity contribution in [1.82, 2.24) is 4.98 Å². The van der Waals surface area contributed by atoms with Gasteiger partial charge in [0.2, 0.25) is 5.88 Å². The summed E-state index contributed by atoms with van der Waals surface area (Å²) < 4.78 is 86.0. The largest absolute Gasteiger partial charge is 0.478 e. The minimum absolute atomic E-state index is 0.0218. The van der Waals surface area contributed by atoms with Gasteiger partial charge in [0.05, 0.1) is 11.5 Å². The van der Waals surface area contributed by atoms with Crippen molar-refractivity contribution in [2.24, 2.45) is 0 Å². The van der Waals surface area contributed by atoms with Crippen LogP contribution < -0.4 is 4.74 Å². The molecule has 0 amide bonds. The van der Waals surface area contributed by atoms with Crippen molar-refractivity contribution >= 4 is 9.84 Å². The zero-order chi connectivity index (χ0) is 23.5. The summed E-state index contributed by atoms with van der Waals surface area (Å²) in [5, 5.41) is 0. The summed E-state index contributed by atoms with van der Waals surface area (Å²) in [5.41, 5.74) is -1.49. The first-order valence-electron chi connectivity index (χ1n) is 9.82. The lowest BCUT2D eigenvalue weighted by molar-refractivity contribution is -0.140. The maximum Gasteiger partial charge on any atom is 0.434 e. The first-order valence-corrected chi connectivity index (χ1v) is 11.7. The van der Waals surface area contributed by atoms with E-state index >= 15 is 0 Å². The second-order valence-corrected chi connectivity index (χ2v) is 9.19. The number of rotatable bonds is 7. The molecule has 1 aromatic heterocycles. The van der Waals surface area contributed by atoms with Crippen LogP contribution in [0.2, 0.25) is 0 Å². The van der Waals surface area contributed by atoms with Gasteiger partial charge in [-0.25, -0.2) is 17.8 Å². The normalized spacial score (nSPS) is 12.1. The van der Waals surface area contributed by atoms with Gasteiger partial charge >= 0.3 is 6.18 Å². The van der Waals surface area contributed by atoms with Gasteiger partial charge in [0.1, 0.15) is 5.82 Å². The maximum absolute atomic E-state index is 14.1. The number of sulfone groups is 1. The molecular weight excluding hydrogens is 446 g/mol. The Morgan fingerprint density at radius 2 is 1.66 bits per heavy atom. The van der Waals surface area contributed by atoms with Crippen molar-refractivity contribution < 1.29 is 30.7 Å². The number of unbranched alkanes of at least 4 members (excludes halogenated alkanes) is 1. The Balaban J connectivity index is 2.40. The molecule has 170 valence electrons. The molecule has 1 heterocycles. The smallest absolute Gasteiger partial charge is 0.434 e. The zero-order valence-corrected chi connectivity index (χ0v) is 18.2. The van der Waals surface area contributed by atoms with Crippen LogP contribution in [0.25, 0.3) is 22.3 Å². The number of ether oxygens (including phenoxy) is 1. The summed E-state index contributed by atoms with van der Waals surface area (Å²) in [6.07, 6.45) is -2.52. The molecule has 0 N–H and O–H groups in total. The van der Waals surface area contributed by atoms with Gasteiger partial charge in [-0.2, -0.15) is 13.2 Å². The van der Waals surface area contributed by atoms with Crippen LogP contribution in [0.4, 0.5) is 17.6 Å². The number of halogens is 4. The Bertz CT molecular complexity index is 1210. The molecule has 0 spiro atoms. The molecule has 0 unspecified atom stereocenters. The van der Waals surface area contributed by atoms with Gasteiger partial charge in [0.15, 0.2) is 15.5 Å².